The maximum Gasteiger partial charge on any atom is 0.309 e. The Morgan fingerprint density at radius 3 is 2.48 bits per heavy atom. The van der Waals surface area contributed by atoms with Crippen LogP contribution in [0.4, 0.5) is 0 Å². The van der Waals surface area contributed by atoms with Crippen molar-refractivity contribution >= 4 is 21.9 Å². The monoisotopic (exact) mass is 429 g/mol. The Morgan fingerprint density at radius 1 is 1.21 bits per heavy atom. The second kappa shape index (κ2) is 8.80. The first-order valence-corrected chi connectivity index (χ1v) is 11.1. The fourth-order valence-corrected chi connectivity index (χ4v) is 5.45. The lowest BCUT2D eigenvalue weighted by molar-refractivity contribution is -0.158. The van der Waals surface area contributed by atoms with Gasteiger partial charge in [-0.25, -0.2) is 8.42 Å². The molecule has 1 unspecified atom stereocenters. The van der Waals surface area contributed by atoms with E-state index in [4.69, 9.17) is 14.0 Å². The van der Waals surface area contributed by atoms with Crippen LogP contribution < -0.4 is 0 Å². The molecule has 2 aliphatic heterocycles. The van der Waals surface area contributed by atoms with Crippen LogP contribution in [0.1, 0.15) is 31.2 Å². The molecule has 29 heavy (non-hydrogen) atoms. The predicted octanol–water partition coefficient (Wildman–Crippen LogP) is 0.483. The summed E-state index contributed by atoms with van der Waals surface area (Å²) in [5, 5.41) is 3.71. The molecule has 0 saturated carbocycles. The van der Waals surface area contributed by atoms with Crippen LogP contribution in [0.25, 0.3) is 0 Å². The quantitative estimate of drug-likeness (QED) is 0.620. The molecule has 1 aromatic heterocycles. The first kappa shape index (κ1) is 21.7. The van der Waals surface area contributed by atoms with E-state index in [0.29, 0.717) is 38.2 Å². The van der Waals surface area contributed by atoms with Crippen molar-refractivity contribution in [3.8, 4) is 0 Å². The smallest absolute Gasteiger partial charge is 0.309 e. The molecular formula is C18H27N3O7S. The van der Waals surface area contributed by atoms with Crippen molar-refractivity contribution in [1.82, 2.24) is 14.4 Å². The molecule has 10 nitrogen and oxygen atoms in total. The average Bonchev–Trinajstić information content (AvgIpc) is 3.04. The summed E-state index contributed by atoms with van der Waals surface area (Å²) in [6, 6.07) is 0. The van der Waals surface area contributed by atoms with E-state index >= 15 is 0 Å². The van der Waals surface area contributed by atoms with Crippen molar-refractivity contribution in [3.63, 3.8) is 0 Å². The molecule has 2 fully saturated rings. The maximum absolute atomic E-state index is 12.8. The fraction of sp³-hybridized carbons (Fsp3) is 0.722. The van der Waals surface area contributed by atoms with Gasteiger partial charge in [0.15, 0.2) is 12.4 Å². The summed E-state index contributed by atoms with van der Waals surface area (Å²) in [5.74, 6) is -0.886. The minimum absolute atomic E-state index is 0.0348. The molecule has 162 valence electrons. The summed E-state index contributed by atoms with van der Waals surface area (Å²) >= 11 is 0. The van der Waals surface area contributed by atoms with E-state index < -0.39 is 21.9 Å². The Balaban J connectivity index is 1.50. The lowest BCUT2D eigenvalue weighted by Crippen LogP contribution is -2.46. The molecule has 3 heterocycles. The van der Waals surface area contributed by atoms with Gasteiger partial charge in [0.1, 0.15) is 10.6 Å². The van der Waals surface area contributed by atoms with E-state index in [0.717, 1.165) is 0 Å². The number of carbonyl (C=O) groups excluding carboxylic acids is 2. The van der Waals surface area contributed by atoms with Crippen LogP contribution in [0, 0.1) is 19.8 Å². The topological polar surface area (TPSA) is 119 Å². The van der Waals surface area contributed by atoms with Crippen molar-refractivity contribution in [2.75, 3.05) is 39.4 Å². The summed E-state index contributed by atoms with van der Waals surface area (Å²) in [5.41, 5.74) is 0.319. The number of amides is 1. The lowest BCUT2D eigenvalue weighted by atomic mass is 9.98. The van der Waals surface area contributed by atoms with Gasteiger partial charge in [0, 0.05) is 26.2 Å². The van der Waals surface area contributed by atoms with Crippen molar-refractivity contribution in [2.24, 2.45) is 5.92 Å². The first-order valence-electron chi connectivity index (χ1n) is 9.69. The normalized spacial score (nSPS) is 21.9. The number of aromatic nitrogens is 1. The van der Waals surface area contributed by atoms with Crippen LogP contribution in [0.5, 0.6) is 0 Å². The number of ether oxygens (including phenoxy) is 2. The minimum atomic E-state index is -3.72. The Hall–Kier alpha value is -1.98. The van der Waals surface area contributed by atoms with E-state index in [1.54, 1.807) is 18.7 Å². The van der Waals surface area contributed by atoms with Crippen molar-refractivity contribution in [2.45, 2.75) is 44.6 Å². The van der Waals surface area contributed by atoms with Gasteiger partial charge < -0.3 is 18.9 Å². The van der Waals surface area contributed by atoms with E-state index in [1.165, 1.54) is 4.31 Å². The van der Waals surface area contributed by atoms with E-state index in [1.807, 2.05) is 6.92 Å². The van der Waals surface area contributed by atoms with Gasteiger partial charge in [-0.3, -0.25) is 9.59 Å². The van der Waals surface area contributed by atoms with Crippen LogP contribution in [0.3, 0.4) is 0 Å². The number of sulfonamides is 1. The Labute approximate surface area is 170 Å². The highest BCUT2D eigenvalue weighted by molar-refractivity contribution is 7.89. The zero-order chi connectivity index (χ0) is 21.2. The number of carbonyl (C=O) groups is 2. The molecular weight excluding hydrogens is 402 g/mol. The van der Waals surface area contributed by atoms with Crippen LogP contribution in [0.2, 0.25) is 0 Å². The number of esters is 1. The highest BCUT2D eigenvalue weighted by Crippen LogP contribution is 2.28. The highest BCUT2D eigenvalue weighted by atomic mass is 32.2. The van der Waals surface area contributed by atoms with Crippen LogP contribution in [-0.4, -0.2) is 80.2 Å². The molecule has 1 amide bonds. The molecule has 0 bridgehead atoms. The SMILES string of the molecule is Cc1noc(C)c1S(=O)(=O)N1CCC(C(=O)OCC(=O)N2CCOC(C)C2)CC1. The van der Waals surface area contributed by atoms with Gasteiger partial charge in [-0.1, -0.05) is 5.16 Å². The fourth-order valence-electron chi connectivity index (χ4n) is 3.69. The molecule has 0 aliphatic carbocycles. The van der Waals surface area contributed by atoms with Crippen LogP contribution in [0.15, 0.2) is 9.42 Å². The molecule has 0 radical (unpaired) electrons. The van der Waals surface area contributed by atoms with Crippen LogP contribution >= 0.6 is 0 Å². The summed E-state index contributed by atoms with van der Waals surface area (Å²) in [6.07, 6.45) is 0.640. The third-order valence-corrected chi connectivity index (χ3v) is 7.43. The number of piperidine rings is 1. The number of rotatable bonds is 5. The van der Waals surface area contributed by atoms with Gasteiger partial charge in [0.05, 0.1) is 18.6 Å². The molecule has 0 N–H and O–H groups in total. The molecule has 0 aromatic carbocycles. The second-order valence-electron chi connectivity index (χ2n) is 7.46. The number of morpholine rings is 1. The standard InChI is InChI=1S/C18H27N3O7S/c1-12-10-20(8-9-26-12)16(22)11-27-18(23)15-4-6-21(7-5-15)29(24,25)17-13(2)19-28-14(17)3/h12,15H,4-11H2,1-3H3. The zero-order valence-electron chi connectivity index (χ0n) is 16.9. The third kappa shape index (κ3) is 4.78. The third-order valence-electron chi connectivity index (χ3n) is 5.28. The van der Waals surface area contributed by atoms with Crippen molar-refractivity contribution < 1.29 is 32.0 Å². The van der Waals surface area contributed by atoms with Gasteiger partial charge in [0.25, 0.3) is 5.91 Å². The van der Waals surface area contributed by atoms with Gasteiger partial charge >= 0.3 is 5.97 Å². The van der Waals surface area contributed by atoms with E-state index in [2.05, 4.69) is 5.16 Å². The average molecular weight is 429 g/mol. The number of hydrogen-bond acceptors (Lipinski definition) is 8. The Morgan fingerprint density at radius 2 is 1.90 bits per heavy atom. The molecule has 1 atom stereocenters. The molecule has 2 saturated heterocycles. The Bertz CT molecular complexity index is 839. The largest absolute Gasteiger partial charge is 0.455 e. The molecule has 11 heteroatoms. The summed E-state index contributed by atoms with van der Waals surface area (Å²) in [7, 11) is -3.72. The second-order valence-corrected chi connectivity index (χ2v) is 9.34. The maximum atomic E-state index is 12.8. The molecule has 3 rings (SSSR count). The van der Waals surface area contributed by atoms with Crippen LogP contribution in [-0.2, 0) is 29.1 Å². The summed E-state index contributed by atoms with van der Waals surface area (Å²) in [6.45, 7) is 6.55. The number of aryl methyl sites for hydroxylation is 2. The molecule has 2 aliphatic rings. The summed E-state index contributed by atoms with van der Waals surface area (Å²) < 4.78 is 42.6. The zero-order valence-corrected chi connectivity index (χ0v) is 17.7. The van der Waals surface area contributed by atoms with Gasteiger partial charge in [-0.15, -0.1) is 0 Å². The van der Waals surface area contributed by atoms with Gasteiger partial charge in [-0.05, 0) is 33.6 Å². The lowest BCUT2D eigenvalue weighted by Gasteiger charge is -2.32. The van der Waals surface area contributed by atoms with E-state index in [9.17, 15) is 18.0 Å². The number of hydrogen-bond donors (Lipinski definition) is 0. The molecule has 0 spiro atoms. The van der Waals surface area contributed by atoms with Gasteiger partial charge in [0.2, 0.25) is 10.0 Å². The summed E-state index contributed by atoms with van der Waals surface area (Å²) in [4.78, 5) is 26.2. The predicted molar refractivity (Wildman–Crippen MR) is 100 cm³/mol. The first-order chi connectivity index (χ1) is 13.7. The van der Waals surface area contributed by atoms with Gasteiger partial charge in [-0.2, -0.15) is 4.31 Å². The minimum Gasteiger partial charge on any atom is -0.455 e. The van der Waals surface area contributed by atoms with E-state index in [-0.39, 0.29) is 42.4 Å². The van der Waals surface area contributed by atoms with Crippen molar-refractivity contribution in [1.29, 1.82) is 0 Å². The van der Waals surface area contributed by atoms with Crippen molar-refractivity contribution in [3.05, 3.63) is 11.5 Å². The Kier molecular flexibility index (Phi) is 6.59. The number of nitrogens with zero attached hydrogens (tertiary/aromatic N) is 3. The molecule has 1 aromatic rings. The highest BCUT2D eigenvalue weighted by Gasteiger charge is 2.36.